The molecule has 1 saturated heterocycles. The molecule has 164 valence electrons. The van der Waals surface area contributed by atoms with Gasteiger partial charge in [-0.1, -0.05) is 18.2 Å². The molecule has 1 aliphatic rings. The number of ether oxygens (including phenoxy) is 2. The summed E-state index contributed by atoms with van der Waals surface area (Å²) in [6, 6.07) is 8.91. The smallest absolute Gasteiger partial charge is 0.266 e. The Morgan fingerprint density at radius 3 is 2.68 bits per heavy atom. The molecule has 0 amide bonds. The number of hydrogen-bond acceptors (Lipinski definition) is 5. The molecule has 1 fully saturated rings. The quantitative estimate of drug-likeness (QED) is 0.536. The maximum absolute atomic E-state index is 14.6. The van der Waals surface area contributed by atoms with Crippen LogP contribution in [-0.2, 0) is 0 Å². The molecule has 1 aliphatic heterocycles. The van der Waals surface area contributed by atoms with E-state index in [9.17, 15) is 13.2 Å². The molecule has 3 aromatic rings. The van der Waals surface area contributed by atoms with E-state index in [0.29, 0.717) is 22.7 Å². The number of nitrogens with zero attached hydrogens (tertiary/aromatic N) is 1. The fraction of sp³-hybridized carbons (Fsp3) is 0.348. The highest BCUT2D eigenvalue weighted by Gasteiger charge is 2.21. The first-order chi connectivity index (χ1) is 15.0. The first kappa shape index (κ1) is 21.2. The van der Waals surface area contributed by atoms with Gasteiger partial charge in [-0.2, -0.15) is 0 Å². The number of halogens is 3. The third-order valence-corrected chi connectivity index (χ3v) is 5.47. The van der Waals surface area contributed by atoms with E-state index in [4.69, 9.17) is 9.47 Å². The second kappa shape index (κ2) is 9.01. The molecule has 31 heavy (non-hydrogen) atoms. The number of alkyl halides is 2. The molecule has 1 aromatic heterocycles. The van der Waals surface area contributed by atoms with E-state index in [2.05, 4.69) is 15.6 Å². The number of methoxy groups -OCH3 is 1. The molecule has 2 aromatic carbocycles. The molecule has 0 aliphatic carbocycles. The minimum absolute atomic E-state index is 0.0459. The molecule has 2 atom stereocenters. The lowest BCUT2D eigenvalue weighted by Gasteiger charge is -2.20. The maximum Gasteiger partial charge on any atom is 0.266 e. The fourth-order valence-corrected chi connectivity index (χ4v) is 3.82. The molecule has 0 spiro atoms. The largest absolute Gasteiger partial charge is 0.493 e. The van der Waals surface area contributed by atoms with Crippen LogP contribution in [0.25, 0.3) is 10.9 Å². The van der Waals surface area contributed by atoms with Crippen molar-refractivity contribution < 1.29 is 22.6 Å². The van der Waals surface area contributed by atoms with Crippen LogP contribution in [-0.4, -0.2) is 31.3 Å². The molecule has 8 heteroatoms. The molecule has 0 bridgehead atoms. The summed E-state index contributed by atoms with van der Waals surface area (Å²) in [6.45, 7) is 3.39. The SMILES string of the molecule is COc1cc2nccc(N[C@H](C)c3cccc(C(F)F)c3F)c2cc1O[C@H]1CCNC1. The number of anilines is 1. The van der Waals surface area contributed by atoms with Gasteiger partial charge >= 0.3 is 0 Å². The Bertz CT molecular complexity index is 1070. The Morgan fingerprint density at radius 2 is 1.97 bits per heavy atom. The van der Waals surface area contributed by atoms with Crippen LogP contribution in [0.4, 0.5) is 18.9 Å². The van der Waals surface area contributed by atoms with Crippen LogP contribution in [0.3, 0.4) is 0 Å². The van der Waals surface area contributed by atoms with Gasteiger partial charge in [0.05, 0.1) is 24.2 Å². The Hall–Kier alpha value is -3.00. The molecular formula is C23H24F3N3O2. The molecule has 0 saturated carbocycles. The van der Waals surface area contributed by atoms with Crippen LogP contribution in [0, 0.1) is 5.82 Å². The summed E-state index contributed by atoms with van der Waals surface area (Å²) in [4.78, 5) is 4.40. The van der Waals surface area contributed by atoms with Gasteiger partial charge in [-0.25, -0.2) is 13.2 Å². The van der Waals surface area contributed by atoms with Crippen molar-refractivity contribution in [3.8, 4) is 11.5 Å². The van der Waals surface area contributed by atoms with Gasteiger partial charge in [0.15, 0.2) is 11.5 Å². The van der Waals surface area contributed by atoms with Crippen molar-refractivity contribution in [2.24, 2.45) is 0 Å². The zero-order valence-electron chi connectivity index (χ0n) is 17.3. The first-order valence-electron chi connectivity index (χ1n) is 10.1. The average molecular weight is 431 g/mol. The number of hydrogen-bond donors (Lipinski definition) is 2. The number of nitrogens with one attached hydrogen (secondary N) is 2. The molecule has 2 N–H and O–H groups in total. The summed E-state index contributed by atoms with van der Waals surface area (Å²) in [7, 11) is 1.57. The van der Waals surface area contributed by atoms with Gasteiger partial charge in [0.2, 0.25) is 0 Å². The standard InChI is InChI=1S/C23H24F3N3O2/c1-13(15-4-3-5-16(22(15)24)23(25)26)29-18-7-9-28-19-11-20(30-2)21(10-17(18)19)31-14-6-8-27-12-14/h3-5,7,9-11,13-14,23,27H,6,8,12H2,1-2H3,(H,28,29)/t13-,14+/m1/s1. The Kier molecular flexibility index (Phi) is 6.18. The summed E-state index contributed by atoms with van der Waals surface area (Å²) in [5.74, 6) is 0.279. The summed E-state index contributed by atoms with van der Waals surface area (Å²) < 4.78 is 52.4. The molecule has 0 radical (unpaired) electrons. The Morgan fingerprint density at radius 1 is 1.16 bits per heavy atom. The summed E-state index contributed by atoms with van der Waals surface area (Å²) in [5, 5.41) is 7.26. The number of benzene rings is 2. The summed E-state index contributed by atoms with van der Waals surface area (Å²) >= 11 is 0. The van der Waals surface area contributed by atoms with E-state index in [1.807, 2.05) is 6.07 Å². The van der Waals surface area contributed by atoms with Crippen LogP contribution < -0.4 is 20.1 Å². The van der Waals surface area contributed by atoms with Crippen LogP contribution in [0.15, 0.2) is 42.6 Å². The molecule has 5 nitrogen and oxygen atoms in total. The van der Waals surface area contributed by atoms with Gasteiger partial charge in [0.25, 0.3) is 6.43 Å². The molecule has 2 heterocycles. The van der Waals surface area contributed by atoms with E-state index in [0.717, 1.165) is 31.0 Å². The average Bonchev–Trinajstić information content (AvgIpc) is 3.26. The van der Waals surface area contributed by atoms with Crippen LogP contribution >= 0.6 is 0 Å². The van der Waals surface area contributed by atoms with Gasteiger partial charge in [0, 0.05) is 35.4 Å². The predicted octanol–water partition coefficient (Wildman–Crippen LogP) is 5.23. The van der Waals surface area contributed by atoms with Crippen LogP contribution in [0.5, 0.6) is 11.5 Å². The second-order valence-corrected chi connectivity index (χ2v) is 7.53. The minimum Gasteiger partial charge on any atom is -0.493 e. The van der Waals surface area contributed by atoms with Gasteiger partial charge in [-0.3, -0.25) is 4.98 Å². The summed E-state index contributed by atoms with van der Waals surface area (Å²) in [6.07, 6.45) is -0.295. The van der Waals surface area contributed by atoms with Crippen LogP contribution in [0.2, 0.25) is 0 Å². The Balaban J connectivity index is 1.68. The lowest BCUT2D eigenvalue weighted by atomic mass is 10.0. The van der Waals surface area contributed by atoms with E-state index < -0.39 is 23.8 Å². The van der Waals surface area contributed by atoms with Crippen molar-refractivity contribution in [2.75, 3.05) is 25.5 Å². The van der Waals surface area contributed by atoms with Gasteiger partial charge < -0.3 is 20.1 Å². The van der Waals surface area contributed by atoms with Crippen molar-refractivity contribution in [3.63, 3.8) is 0 Å². The maximum atomic E-state index is 14.6. The van der Waals surface area contributed by atoms with E-state index in [-0.39, 0.29) is 11.7 Å². The third-order valence-electron chi connectivity index (χ3n) is 5.47. The van der Waals surface area contributed by atoms with E-state index in [1.54, 1.807) is 32.4 Å². The second-order valence-electron chi connectivity index (χ2n) is 7.53. The zero-order chi connectivity index (χ0) is 22.0. The van der Waals surface area contributed by atoms with Crippen molar-refractivity contribution in [2.45, 2.75) is 31.9 Å². The van der Waals surface area contributed by atoms with Gasteiger partial charge in [-0.05, 0) is 32.0 Å². The number of pyridine rings is 1. The highest BCUT2D eigenvalue weighted by atomic mass is 19.3. The van der Waals surface area contributed by atoms with Crippen LogP contribution in [0.1, 0.15) is 36.9 Å². The number of fused-ring (bicyclic) bond motifs is 1. The topological polar surface area (TPSA) is 55.4 Å². The minimum atomic E-state index is -2.87. The fourth-order valence-electron chi connectivity index (χ4n) is 3.82. The normalized spacial score (nSPS) is 17.2. The number of rotatable bonds is 7. The third kappa shape index (κ3) is 4.39. The molecule has 4 rings (SSSR count). The Labute approximate surface area is 178 Å². The lowest BCUT2D eigenvalue weighted by Crippen LogP contribution is -2.19. The summed E-state index contributed by atoms with van der Waals surface area (Å²) in [5.41, 5.74) is 0.935. The lowest BCUT2D eigenvalue weighted by molar-refractivity contribution is 0.146. The van der Waals surface area contributed by atoms with Crippen molar-refractivity contribution in [3.05, 3.63) is 59.5 Å². The molecular weight excluding hydrogens is 407 g/mol. The van der Waals surface area contributed by atoms with Crippen molar-refractivity contribution >= 4 is 16.6 Å². The van der Waals surface area contributed by atoms with Crippen molar-refractivity contribution in [1.82, 2.24) is 10.3 Å². The first-order valence-corrected chi connectivity index (χ1v) is 10.1. The van der Waals surface area contributed by atoms with E-state index in [1.165, 1.54) is 12.1 Å². The monoisotopic (exact) mass is 431 g/mol. The van der Waals surface area contributed by atoms with E-state index >= 15 is 0 Å². The molecule has 0 unspecified atom stereocenters. The zero-order valence-corrected chi connectivity index (χ0v) is 17.3. The van der Waals surface area contributed by atoms with Crippen molar-refractivity contribution in [1.29, 1.82) is 0 Å². The highest BCUT2D eigenvalue weighted by Crippen LogP contribution is 2.37. The van der Waals surface area contributed by atoms with Gasteiger partial charge in [-0.15, -0.1) is 0 Å². The number of aromatic nitrogens is 1. The predicted molar refractivity (Wildman–Crippen MR) is 114 cm³/mol. The van der Waals surface area contributed by atoms with Gasteiger partial charge in [0.1, 0.15) is 11.9 Å². The highest BCUT2D eigenvalue weighted by molar-refractivity contribution is 5.93.